The van der Waals surface area contributed by atoms with Gasteiger partial charge < -0.3 is 19.9 Å². The number of nitrogens with one attached hydrogen (secondary N) is 1. The van der Waals surface area contributed by atoms with Crippen LogP contribution in [0.3, 0.4) is 0 Å². The summed E-state index contributed by atoms with van der Waals surface area (Å²) in [5.74, 6) is 0.831. The Morgan fingerprint density at radius 2 is 2.13 bits per heavy atom. The van der Waals surface area contributed by atoms with E-state index < -0.39 is 0 Å². The van der Waals surface area contributed by atoms with Gasteiger partial charge >= 0.3 is 6.03 Å². The highest BCUT2D eigenvalue weighted by molar-refractivity contribution is 5.75. The van der Waals surface area contributed by atoms with Crippen molar-refractivity contribution in [2.45, 2.75) is 44.8 Å². The Labute approximate surface area is 139 Å². The Bertz CT molecular complexity index is 515. The lowest BCUT2D eigenvalue weighted by Gasteiger charge is -2.27. The van der Waals surface area contributed by atoms with Gasteiger partial charge in [0.25, 0.3) is 0 Å². The molecule has 1 aliphatic rings. The molecule has 1 aromatic carbocycles. The zero-order valence-electron chi connectivity index (χ0n) is 14.7. The molecule has 0 saturated heterocycles. The highest BCUT2D eigenvalue weighted by Crippen LogP contribution is 2.29. The maximum atomic E-state index is 12.7. The second-order valence-corrected chi connectivity index (χ2v) is 6.53. The van der Waals surface area contributed by atoms with Crippen molar-refractivity contribution in [2.75, 3.05) is 27.7 Å². The smallest absolute Gasteiger partial charge is 0.318 e. The highest BCUT2D eigenvalue weighted by Gasteiger charge is 2.33. The third-order valence-corrected chi connectivity index (χ3v) is 4.14. The van der Waals surface area contributed by atoms with E-state index in [9.17, 15) is 4.79 Å². The van der Waals surface area contributed by atoms with E-state index in [-0.39, 0.29) is 12.1 Å². The van der Waals surface area contributed by atoms with Crippen LogP contribution in [0.25, 0.3) is 0 Å². The Morgan fingerprint density at radius 3 is 2.70 bits per heavy atom. The van der Waals surface area contributed by atoms with E-state index in [1.165, 1.54) is 0 Å². The van der Waals surface area contributed by atoms with Gasteiger partial charge in [-0.15, -0.1) is 0 Å². The van der Waals surface area contributed by atoms with Gasteiger partial charge in [0, 0.05) is 25.2 Å². The van der Waals surface area contributed by atoms with E-state index >= 15 is 0 Å². The number of likely N-dealkylation sites (N-methyl/N-ethyl adjacent to an activating group) is 1. The van der Waals surface area contributed by atoms with Gasteiger partial charge in [-0.1, -0.05) is 19.1 Å². The molecule has 0 heterocycles. The summed E-state index contributed by atoms with van der Waals surface area (Å²) >= 11 is 0. The molecule has 1 aromatic rings. The number of ether oxygens (including phenoxy) is 1. The average Bonchev–Trinajstić information content (AvgIpc) is 3.36. The van der Waals surface area contributed by atoms with E-state index in [2.05, 4.69) is 17.1 Å². The third-order valence-electron chi connectivity index (χ3n) is 4.14. The van der Waals surface area contributed by atoms with E-state index in [0.717, 1.165) is 37.1 Å². The lowest BCUT2D eigenvalue weighted by atomic mass is 10.2. The molecule has 2 amide bonds. The first-order valence-electron chi connectivity index (χ1n) is 8.38. The summed E-state index contributed by atoms with van der Waals surface area (Å²) in [5.41, 5.74) is 1.10. The predicted octanol–water partition coefficient (Wildman–Crippen LogP) is 2.71. The fourth-order valence-electron chi connectivity index (χ4n) is 2.70. The molecule has 5 heteroatoms. The van der Waals surface area contributed by atoms with Crippen molar-refractivity contribution in [3.8, 4) is 5.75 Å². The molecule has 0 aliphatic heterocycles. The van der Waals surface area contributed by atoms with Crippen LogP contribution in [0.15, 0.2) is 24.3 Å². The molecular formula is C18H29N3O2. The number of methoxy groups -OCH3 is 1. The van der Waals surface area contributed by atoms with Crippen molar-refractivity contribution in [2.24, 2.45) is 0 Å². The minimum absolute atomic E-state index is 0.0454. The summed E-state index contributed by atoms with van der Waals surface area (Å²) in [6, 6.07) is 8.54. The zero-order valence-corrected chi connectivity index (χ0v) is 14.7. The zero-order chi connectivity index (χ0) is 16.8. The van der Waals surface area contributed by atoms with Crippen LogP contribution in [0.1, 0.15) is 31.7 Å². The van der Waals surface area contributed by atoms with Crippen molar-refractivity contribution in [3.05, 3.63) is 29.8 Å². The van der Waals surface area contributed by atoms with Gasteiger partial charge in [-0.2, -0.15) is 0 Å². The Hall–Kier alpha value is -1.75. The Morgan fingerprint density at radius 1 is 1.39 bits per heavy atom. The van der Waals surface area contributed by atoms with Crippen LogP contribution >= 0.6 is 0 Å². The van der Waals surface area contributed by atoms with Gasteiger partial charge in [0.1, 0.15) is 5.75 Å². The molecule has 0 radical (unpaired) electrons. The largest absolute Gasteiger partial charge is 0.497 e. The van der Waals surface area contributed by atoms with E-state index in [0.29, 0.717) is 12.6 Å². The number of carbonyl (C=O) groups is 1. The van der Waals surface area contributed by atoms with Gasteiger partial charge in [0.15, 0.2) is 0 Å². The van der Waals surface area contributed by atoms with Gasteiger partial charge in [-0.3, -0.25) is 0 Å². The van der Waals surface area contributed by atoms with Crippen molar-refractivity contribution >= 4 is 6.03 Å². The highest BCUT2D eigenvalue weighted by atomic mass is 16.5. The standard InChI is InChI=1S/C18H29N3O2/c1-5-15(13-20(2)3)19-18(22)21(16-9-10-16)12-14-7-6-8-17(11-14)23-4/h6-8,11,15-16H,5,9-10,12-13H2,1-4H3,(H,19,22)/t15-/m1/s1. The quantitative estimate of drug-likeness (QED) is 0.801. The first kappa shape index (κ1) is 17.6. The molecule has 2 rings (SSSR count). The van der Waals surface area contributed by atoms with Crippen LogP contribution in [0.5, 0.6) is 5.75 Å². The average molecular weight is 319 g/mol. The van der Waals surface area contributed by atoms with Gasteiger partial charge in [-0.05, 0) is 51.1 Å². The molecule has 1 aliphatic carbocycles. The van der Waals surface area contributed by atoms with Crippen molar-refractivity contribution in [3.63, 3.8) is 0 Å². The minimum Gasteiger partial charge on any atom is -0.497 e. The third kappa shape index (κ3) is 5.43. The summed E-state index contributed by atoms with van der Waals surface area (Å²) < 4.78 is 5.27. The fraction of sp³-hybridized carbons (Fsp3) is 0.611. The second kappa shape index (κ2) is 8.20. The summed E-state index contributed by atoms with van der Waals surface area (Å²) in [5, 5.41) is 3.18. The van der Waals surface area contributed by atoms with Crippen molar-refractivity contribution < 1.29 is 9.53 Å². The molecule has 5 nitrogen and oxygen atoms in total. The van der Waals surface area contributed by atoms with E-state index in [4.69, 9.17) is 4.74 Å². The van der Waals surface area contributed by atoms with Crippen LogP contribution < -0.4 is 10.1 Å². The number of nitrogens with zero attached hydrogens (tertiary/aromatic N) is 2. The number of hydrogen-bond donors (Lipinski definition) is 1. The molecular weight excluding hydrogens is 290 g/mol. The Kier molecular flexibility index (Phi) is 6.28. The molecule has 0 spiro atoms. The minimum atomic E-state index is 0.0454. The van der Waals surface area contributed by atoms with E-state index in [1.54, 1.807) is 7.11 Å². The summed E-state index contributed by atoms with van der Waals surface area (Å²) in [6.07, 6.45) is 3.13. The van der Waals surface area contributed by atoms with Crippen LogP contribution in [0, 0.1) is 0 Å². The molecule has 1 fully saturated rings. The number of amides is 2. The SMILES string of the molecule is CC[C@H](CN(C)C)NC(=O)N(Cc1cccc(OC)c1)C1CC1. The van der Waals surface area contributed by atoms with Crippen LogP contribution in [-0.2, 0) is 6.54 Å². The number of hydrogen-bond acceptors (Lipinski definition) is 3. The maximum absolute atomic E-state index is 12.7. The van der Waals surface area contributed by atoms with Crippen molar-refractivity contribution in [1.82, 2.24) is 15.1 Å². The van der Waals surface area contributed by atoms with Crippen LogP contribution in [-0.4, -0.2) is 55.7 Å². The predicted molar refractivity (Wildman–Crippen MR) is 92.7 cm³/mol. The van der Waals surface area contributed by atoms with Crippen LogP contribution in [0.4, 0.5) is 4.79 Å². The molecule has 128 valence electrons. The summed E-state index contributed by atoms with van der Waals surface area (Å²) in [4.78, 5) is 16.8. The molecule has 0 bridgehead atoms. The number of benzene rings is 1. The van der Waals surface area contributed by atoms with Crippen LogP contribution in [0.2, 0.25) is 0 Å². The summed E-state index contributed by atoms with van der Waals surface area (Å²) in [7, 11) is 5.73. The number of rotatable bonds is 8. The Balaban J connectivity index is 2.01. The molecule has 0 unspecified atom stereocenters. The van der Waals surface area contributed by atoms with Gasteiger partial charge in [0.05, 0.1) is 7.11 Å². The van der Waals surface area contributed by atoms with E-state index in [1.807, 2.05) is 43.3 Å². The van der Waals surface area contributed by atoms with Gasteiger partial charge in [-0.25, -0.2) is 4.79 Å². The lowest BCUT2D eigenvalue weighted by molar-refractivity contribution is 0.184. The lowest BCUT2D eigenvalue weighted by Crippen LogP contribution is -2.48. The fourth-order valence-corrected chi connectivity index (χ4v) is 2.70. The second-order valence-electron chi connectivity index (χ2n) is 6.53. The molecule has 1 saturated carbocycles. The first-order valence-corrected chi connectivity index (χ1v) is 8.38. The monoisotopic (exact) mass is 319 g/mol. The molecule has 1 N–H and O–H groups in total. The maximum Gasteiger partial charge on any atom is 0.318 e. The number of carbonyl (C=O) groups excluding carboxylic acids is 1. The topological polar surface area (TPSA) is 44.8 Å². The molecule has 23 heavy (non-hydrogen) atoms. The van der Waals surface area contributed by atoms with Gasteiger partial charge in [0.2, 0.25) is 0 Å². The normalized spacial score (nSPS) is 15.3. The number of urea groups is 1. The molecule has 0 aromatic heterocycles. The molecule has 1 atom stereocenters. The summed E-state index contributed by atoms with van der Waals surface area (Å²) in [6.45, 7) is 3.60. The van der Waals surface area contributed by atoms with Crippen molar-refractivity contribution in [1.29, 1.82) is 0 Å². The first-order chi connectivity index (χ1) is 11.0.